The first kappa shape index (κ1) is 7.06. The average Bonchev–Trinajstić information content (AvgIpc) is 2.36. The van der Waals surface area contributed by atoms with Crippen molar-refractivity contribution in [2.24, 2.45) is 4.99 Å². The van der Waals surface area contributed by atoms with E-state index < -0.39 is 0 Å². The molecule has 0 bridgehead atoms. The van der Waals surface area contributed by atoms with Gasteiger partial charge in [0.1, 0.15) is 5.82 Å². The molecule has 1 heterocycles. The Bertz CT molecular complexity index is 189. The Morgan fingerprint density at radius 2 is 2.50 bits per heavy atom. The minimum absolute atomic E-state index is 0.943. The summed E-state index contributed by atoms with van der Waals surface area (Å²) in [6.45, 7) is 6.47. The van der Waals surface area contributed by atoms with Crippen LogP contribution in [-0.4, -0.2) is 13.3 Å². The lowest BCUT2D eigenvalue weighted by atomic mass is 10.2. The third-order valence-electron chi connectivity index (χ3n) is 1.52. The zero-order chi connectivity index (χ0) is 7.40. The summed E-state index contributed by atoms with van der Waals surface area (Å²) in [6.07, 6.45) is 5.16. The third kappa shape index (κ3) is 1.26. The van der Waals surface area contributed by atoms with E-state index in [1.807, 2.05) is 13.0 Å². The van der Waals surface area contributed by atoms with Gasteiger partial charge in [-0.3, -0.25) is 0 Å². The molecule has 1 N–H and O–H groups in total. The fourth-order valence-electron chi connectivity index (χ4n) is 1.07. The largest absolute Gasteiger partial charge is 0.370 e. The molecule has 2 nitrogen and oxygen atoms in total. The number of nitrogens with one attached hydrogen (secondary N) is 1. The van der Waals surface area contributed by atoms with E-state index in [2.05, 4.69) is 23.1 Å². The third-order valence-corrected chi connectivity index (χ3v) is 1.52. The molecule has 0 aromatic carbocycles. The number of allylic oxidation sites excluding steroid dienone is 2. The van der Waals surface area contributed by atoms with Crippen molar-refractivity contribution in [1.29, 1.82) is 0 Å². The van der Waals surface area contributed by atoms with Crippen molar-refractivity contribution in [3.8, 4) is 0 Å². The summed E-state index contributed by atoms with van der Waals surface area (Å²) in [5.74, 6) is 0.943. The van der Waals surface area contributed by atoms with Crippen molar-refractivity contribution in [1.82, 2.24) is 5.32 Å². The second-order valence-corrected chi connectivity index (χ2v) is 2.21. The molecule has 0 aliphatic carbocycles. The van der Waals surface area contributed by atoms with Crippen LogP contribution in [0.25, 0.3) is 0 Å². The molecule has 0 fully saturated rings. The predicted molar refractivity (Wildman–Crippen MR) is 44.0 cm³/mol. The molecule has 0 saturated heterocycles. The summed E-state index contributed by atoms with van der Waals surface area (Å²) in [5.41, 5.74) is 1.26. The number of hydrogen-bond acceptors (Lipinski definition) is 2. The monoisotopic (exact) mass is 136 g/mol. The standard InChI is InChI=1S/C8H12N2/c1-3-4-7-5-6-10-8(7)9-2/h3-4,10H,2,5-6H2,1H3/b4-3-. The summed E-state index contributed by atoms with van der Waals surface area (Å²) >= 11 is 0. The van der Waals surface area contributed by atoms with Crippen LogP contribution in [-0.2, 0) is 0 Å². The molecule has 0 atom stereocenters. The molecule has 0 saturated carbocycles. The van der Waals surface area contributed by atoms with E-state index in [4.69, 9.17) is 0 Å². The van der Waals surface area contributed by atoms with Gasteiger partial charge >= 0.3 is 0 Å². The van der Waals surface area contributed by atoms with Gasteiger partial charge in [-0.15, -0.1) is 0 Å². The first-order valence-electron chi connectivity index (χ1n) is 3.45. The number of aliphatic imine (C=N–C) groups is 1. The van der Waals surface area contributed by atoms with Gasteiger partial charge in [0, 0.05) is 6.54 Å². The van der Waals surface area contributed by atoms with Crippen molar-refractivity contribution in [2.75, 3.05) is 6.54 Å². The fourth-order valence-corrected chi connectivity index (χ4v) is 1.07. The van der Waals surface area contributed by atoms with Gasteiger partial charge in [-0.1, -0.05) is 12.2 Å². The van der Waals surface area contributed by atoms with Gasteiger partial charge in [-0.25, -0.2) is 4.99 Å². The molecule has 0 spiro atoms. The van der Waals surface area contributed by atoms with E-state index in [1.54, 1.807) is 0 Å². The molecule has 0 aromatic rings. The summed E-state index contributed by atoms with van der Waals surface area (Å²) in [5, 5.41) is 3.14. The first-order chi connectivity index (χ1) is 4.88. The zero-order valence-corrected chi connectivity index (χ0v) is 6.22. The van der Waals surface area contributed by atoms with E-state index in [1.165, 1.54) is 5.57 Å². The Kier molecular flexibility index (Phi) is 2.26. The summed E-state index contributed by atoms with van der Waals surface area (Å²) in [6, 6.07) is 0. The normalized spacial score (nSPS) is 18.1. The smallest absolute Gasteiger partial charge is 0.128 e. The van der Waals surface area contributed by atoms with Crippen molar-refractivity contribution in [3.63, 3.8) is 0 Å². The molecular formula is C8H12N2. The van der Waals surface area contributed by atoms with E-state index in [-0.39, 0.29) is 0 Å². The lowest BCUT2D eigenvalue weighted by Gasteiger charge is -1.93. The molecule has 54 valence electrons. The number of nitrogens with zero attached hydrogens (tertiary/aromatic N) is 1. The maximum atomic E-state index is 3.85. The van der Waals surface area contributed by atoms with Gasteiger partial charge in [0.25, 0.3) is 0 Å². The van der Waals surface area contributed by atoms with Crippen molar-refractivity contribution >= 4 is 6.72 Å². The van der Waals surface area contributed by atoms with Gasteiger partial charge in [-0.2, -0.15) is 0 Å². The van der Waals surface area contributed by atoms with E-state index >= 15 is 0 Å². The van der Waals surface area contributed by atoms with Crippen LogP contribution in [0.4, 0.5) is 0 Å². The minimum atomic E-state index is 0.943. The maximum Gasteiger partial charge on any atom is 0.128 e. The minimum Gasteiger partial charge on any atom is -0.370 e. The van der Waals surface area contributed by atoms with Gasteiger partial charge in [0.15, 0.2) is 0 Å². The molecule has 0 amide bonds. The molecule has 10 heavy (non-hydrogen) atoms. The quantitative estimate of drug-likeness (QED) is 0.571. The van der Waals surface area contributed by atoms with Gasteiger partial charge in [0.2, 0.25) is 0 Å². The molecule has 1 rings (SSSR count). The van der Waals surface area contributed by atoms with Crippen LogP contribution in [0.3, 0.4) is 0 Å². The maximum absolute atomic E-state index is 3.85. The van der Waals surface area contributed by atoms with E-state index in [9.17, 15) is 0 Å². The van der Waals surface area contributed by atoms with Gasteiger partial charge < -0.3 is 5.32 Å². The number of hydrogen-bond donors (Lipinski definition) is 1. The van der Waals surface area contributed by atoms with Crippen LogP contribution < -0.4 is 5.32 Å². The van der Waals surface area contributed by atoms with Crippen molar-refractivity contribution in [3.05, 3.63) is 23.5 Å². The topological polar surface area (TPSA) is 24.4 Å². The lowest BCUT2D eigenvalue weighted by Crippen LogP contribution is -2.04. The zero-order valence-electron chi connectivity index (χ0n) is 6.22. The van der Waals surface area contributed by atoms with Crippen LogP contribution in [0.15, 0.2) is 28.5 Å². The Labute approximate surface area is 61.4 Å². The Balaban J connectivity index is 2.77. The van der Waals surface area contributed by atoms with Crippen molar-refractivity contribution < 1.29 is 0 Å². The molecule has 0 radical (unpaired) electrons. The molecule has 0 unspecified atom stereocenters. The van der Waals surface area contributed by atoms with Crippen LogP contribution >= 0.6 is 0 Å². The Morgan fingerprint density at radius 1 is 1.70 bits per heavy atom. The predicted octanol–water partition coefficient (Wildman–Crippen LogP) is 1.47. The first-order valence-corrected chi connectivity index (χ1v) is 3.45. The number of rotatable bonds is 2. The van der Waals surface area contributed by atoms with Crippen LogP contribution in [0.2, 0.25) is 0 Å². The molecular weight excluding hydrogens is 124 g/mol. The highest BCUT2D eigenvalue weighted by molar-refractivity contribution is 5.35. The van der Waals surface area contributed by atoms with Gasteiger partial charge in [-0.05, 0) is 25.6 Å². The molecule has 2 heteroatoms. The lowest BCUT2D eigenvalue weighted by molar-refractivity contribution is 0.866. The van der Waals surface area contributed by atoms with Crippen molar-refractivity contribution in [2.45, 2.75) is 13.3 Å². The SMILES string of the molecule is C=NC1=C(/C=C\C)CCN1. The summed E-state index contributed by atoms with van der Waals surface area (Å²) in [4.78, 5) is 3.85. The van der Waals surface area contributed by atoms with Crippen LogP contribution in [0, 0.1) is 0 Å². The second-order valence-electron chi connectivity index (χ2n) is 2.21. The van der Waals surface area contributed by atoms with Crippen LogP contribution in [0.5, 0.6) is 0 Å². The van der Waals surface area contributed by atoms with E-state index in [0.29, 0.717) is 0 Å². The highest BCUT2D eigenvalue weighted by atomic mass is 15.0. The molecule has 1 aliphatic rings. The summed E-state index contributed by atoms with van der Waals surface area (Å²) in [7, 11) is 0. The molecule has 0 aromatic heterocycles. The Hall–Kier alpha value is -1.05. The second kappa shape index (κ2) is 3.20. The van der Waals surface area contributed by atoms with E-state index in [0.717, 1.165) is 18.8 Å². The highest BCUT2D eigenvalue weighted by Crippen LogP contribution is 2.14. The average molecular weight is 136 g/mol. The highest BCUT2D eigenvalue weighted by Gasteiger charge is 2.08. The Morgan fingerprint density at radius 3 is 3.10 bits per heavy atom. The molecule has 1 aliphatic heterocycles. The fraction of sp³-hybridized carbons (Fsp3) is 0.375. The summed E-state index contributed by atoms with van der Waals surface area (Å²) < 4.78 is 0. The van der Waals surface area contributed by atoms with Gasteiger partial charge in [0.05, 0.1) is 0 Å². The van der Waals surface area contributed by atoms with Crippen LogP contribution in [0.1, 0.15) is 13.3 Å².